The number of halogens is 1. The molecule has 0 aliphatic rings. The number of hydrogen-bond donors (Lipinski definition) is 1. The normalized spacial score (nSPS) is 11.5. The third-order valence-electron chi connectivity index (χ3n) is 3.77. The van der Waals surface area contributed by atoms with Crippen molar-refractivity contribution < 1.29 is 23.5 Å². The summed E-state index contributed by atoms with van der Waals surface area (Å²) < 4.78 is 23.3. The van der Waals surface area contributed by atoms with Crippen molar-refractivity contribution in [2.75, 3.05) is 13.2 Å². The van der Waals surface area contributed by atoms with Gasteiger partial charge >= 0.3 is 5.97 Å². The first-order chi connectivity index (χ1) is 12.5. The van der Waals surface area contributed by atoms with Crippen molar-refractivity contribution in [3.8, 4) is 5.75 Å². The van der Waals surface area contributed by atoms with Crippen molar-refractivity contribution in [3.63, 3.8) is 0 Å². The van der Waals surface area contributed by atoms with Crippen LogP contribution in [0.1, 0.15) is 30.5 Å². The van der Waals surface area contributed by atoms with Crippen LogP contribution >= 0.6 is 0 Å². The lowest BCUT2D eigenvalue weighted by molar-refractivity contribution is -0.150. The van der Waals surface area contributed by atoms with E-state index in [9.17, 15) is 14.0 Å². The van der Waals surface area contributed by atoms with Crippen molar-refractivity contribution >= 4 is 11.9 Å². The molecule has 0 spiro atoms. The maximum atomic E-state index is 13.4. The number of nitrogens with one attached hydrogen (secondary N) is 1. The standard InChI is InChI=1S/C20H22FNO4/c1-3-17(15-10-8-14(2)9-11-15)22-19(23)12-26-20(24)13-25-18-7-5-4-6-16(18)21/h4-11,17H,3,12-13H2,1-2H3,(H,22,23)/t17-/m0/s1. The molecule has 0 aromatic heterocycles. The van der Waals surface area contributed by atoms with E-state index in [1.54, 1.807) is 6.07 Å². The molecule has 0 saturated heterocycles. The van der Waals surface area contributed by atoms with E-state index in [0.717, 1.165) is 11.1 Å². The van der Waals surface area contributed by atoms with Gasteiger partial charge in [-0.25, -0.2) is 9.18 Å². The topological polar surface area (TPSA) is 64.6 Å². The minimum atomic E-state index is -0.744. The number of ether oxygens (including phenoxy) is 2. The fraction of sp³-hybridized carbons (Fsp3) is 0.300. The lowest BCUT2D eigenvalue weighted by Gasteiger charge is -2.17. The largest absolute Gasteiger partial charge is 0.479 e. The van der Waals surface area contributed by atoms with E-state index in [-0.39, 0.29) is 11.8 Å². The van der Waals surface area contributed by atoms with Gasteiger partial charge in [-0.1, -0.05) is 48.9 Å². The zero-order valence-corrected chi connectivity index (χ0v) is 14.8. The average molecular weight is 359 g/mol. The van der Waals surface area contributed by atoms with Gasteiger partial charge in [0, 0.05) is 0 Å². The summed E-state index contributed by atoms with van der Waals surface area (Å²) in [4.78, 5) is 23.6. The molecule has 0 radical (unpaired) electrons. The molecule has 1 atom stereocenters. The molecule has 0 bridgehead atoms. The van der Waals surface area contributed by atoms with E-state index in [1.165, 1.54) is 18.2 Å². The fourth-order valence-electron chi connectivity index (χ4n) is 2.34. The van der Waals surface area contributed by atoms with Gasteiger partial charge < -0.3 is 14.8 Å². The summed E-state index contributed by atoms with van der Waals surface area (Å²) in [5, 5.41) is 2.82. The summed E-state index contributed by atoms with van der Waals surface area (Å²) in [6.45, 7) is 3.07. The van der Waals surface area contributed by atoms with Crippen LogP contribution in [0.2, 0.25) is 0 Å². The molecule has 26 heavy (non-hydrogen) atoms. The summed E-state index contributed by atoms with van der Waals surface area (Å²) in [6, 6.07) is 13.4. The molecule has 0 aliphatic heterocycles. The lowest BCUT2D eigenvalue weighted by Crippen LogP contribution is -2.33. The molecule has 2 aromatic carbocycles. The number of hydrogen-bond acceptors (Lipinski definition) is 4. The Labute approximate surface area is 152 Å². The van der Waals surface area contributed by atoms with Crippen LogP contribution in [0.3, 0.4) is 0 Å². The molecule has 0 fully saturated rings. The van der Waals surface area contributed by atoms with Crippen LogP contribution in [0, 0.1) is 12.7 Å². The Bertz CT molecular complexity index is 746. The number of carbonyl (C=O) groups excluding carboxylic acids is 2. The number of aryl methyl sites for hydroxylation is 1. The Morgan fingerprint density at radius 3 is 2.42 bits per heavy atom. The van der Waals surface area contributed by atoms with E-state index in [2.05, 4.69) is 5.32 Å². The van der Waals surface area contributed by atoms with Gasteiger partial charge in [-0.15, -0.1) is 0 Å². The Morgan fingerprint density at radius 1 is 1.08 bits per heavy atom. The zero-order valence-electron chi connectivity index (χ0n) is 14.8. The molecule has 2 aromatic rings. The van der Waals surface area contributed by atoms with Crippen LogP contribution in [0.5, 0.6) is 5.75 Å². The van der Waals surface area contributed by atoms with E-state index < -0.39 is 30.9 Å². The van der Waals surface area contributed by atoms with Crippen molar-refractivity contribution in [2.24, 2.45) is 0 Å². The van der Waals surface area contributed by atoms with Crippen LogP contribution in [-0.4, -0.2) is 25.1 Å². The average Bonchev–Trinajstić information content (AvgIpc) is 2.64. The Hall–Kier alpha value is -2.89. The third-order valence-corrected chi connectivity index (χ3v) is 3.77. The number of rotatable bonds is 8. The quantitative estimate of drug-likeness (QED) is 0.735. The predicted molar refractivity (Wildman–Crippen MR) is 95.2 cm³/mol. The number of esters is 1. The van der Waals surface area contributed by atoms with E-state index in [0.29, 0.717) is 6.42 Å². The molecule has 1 amide bonds. The van der Waals surface area contributed by atoms with Gasteiger partial charge in [0.2, 0.25) is 0 Å². The smallest absolute Gasteiger partial charge is 0.344 e. The van der Waals surface area contributed by atoms with Gasteiger partial charge in [0.25, 0.3) is 5.91 Å². The Balaban J connectivity index is 1.77. The highest BCUT2D eigenvalue weighted by Crippen LogP contribution is 2.17. The van der Waals surface area contributed by atoms with Crippen LogP contribution in [0.4, 0.5) is 4.39 Å². The molecule has 0 unspecified atom stereocenters. The molecule has 0 saturated carbocycles. The van der Waals surface area contributed by atoms with E-state index >= 15 is 0 Å². The van der Waals surface area contributed by atoms with Gasteiger partial charge in [0.1, 0.15) is 0 Å². The van der Waals surface area contributed by atoms with Crippen molar-refractivity contribution in [1.82, 2.24) is 5.32 Å². The second-order valence-electron chi connectivity index (χ2n) is 5.82. The first-order valence-corrected chi connectivity index (χ1v) is 8.38. The van der Waals surface area contributed by atoms with Gasteiger partial charge in [0.15, 0.2) is 24.8 Å². The van der Waals surface area contributed by atoms with Gasteiger partial charge in [-0.2, -0.15) is 0 Å². The molecule has 5 nitrogen and oxygen atoms in total. The van der Waals surface area contributed by atoms with Crippen molar-refractivity contribution in [1.29, 1.82) is 0 Å². The second kappa shape index (κ2) is 9.56. The molecule has 6 heteroatoms. The van der Waals surface area contributed by atoms with E-state index in [4.69, 9.17) is 9.47 Å². The molecule has 1 N–H and O–H groups in total. The molecule has 138 valence electrons. The monoisotopic (exact) mass is 359 g/mol. The maximum Gasteiger partial charge on any atom is 0.344 e. The van der Waals surface area contributed by atoms with Gasteiger partial charge in [-0.3, -0.25) is 4.79 Å². The molecule has 2 rings (SSSR count). The summed E-state index contributed by atoms with van der Waals surface area (Å²) >= 11 is 0. The lowest BCUT2D eigenvalue weighted by atomic mass is 10.0. The van der Waals surface area contributed by atoms with Gasteiger partial charge in [-0.05, 0) is 31.0 Å². The van der Waals surface area contributed by atoms with Crippen LogP contribution in [0.25, 0.3) is 0 Å². The van der Waals surface area contributed by atoms with Crippen LogP contribution in [-0.2, 0) is 14.3 Å². The number of benzene rings is 2. The first kappa shape index (κ1) is 19.4. The minimum Gasteiger partial charge on any atom is -0.479 e. The second-order valence-corrected chi connectivity index (χ2v) is 5.82. The highest BCUT2D eigenvalue weighted by molar-refractivity contribution is 5.81. The summed E-state index contributed by atoms with van der Waals surface area (Å²) in [5.41, 5.74) is 2.12. The Kier molecular flexibility index (Phi) is 7.14. The summed E-state index contributed by atoms with van der Waals surface area (Å²) in [5.74, 6) is -1.76. The molecular weight excluding hydrogens is 337 g/mol. The van der Waals surface area contributed by atoms with E-state index in [1.807, 2.05) is 38.1 Å². The zero-order chi connectivity index (χ0) is 18.9. The Morgan fingerprint density at radius 2 is 1.77 bits per heavy atom. The number of para-hydroxylation sites is 1. The van der Waals surface area contributed by atoms with Crippen molar-refractivity contribution in [2.45, 2.75) is 26.3 Å². The predicted octanol–water partition coefficient (Wildman–Crippen LogP) is 3.32. The first-order valence-electron chi connectivity index (χ1n) is 8.38. The highest BCUT2D eigenvalue weighted by Gasteiger charge is 2.15. The number of carbonyl (C=O) groups is 2. The highest BCUT2D eigenvalue weighted by atomic mass is 19.1. The summed E-state index contributed by atoms with van der Waals surface area (Å²) in [7, 11) is 0. The SMILES string of the molecule is CC[C@H](NC(=O)COC(=O)COc1ccccc1F)c1ccc(C)cc1. The number of amides is 1. The molecule has 0 heterocycles. The maximum absolute atomic E-state index is 13.4. The molecule has 0 aliphatic carbocycles. The van der Waals surface area contributed by atoms with Gasteiger partial charge in [0.05, 0.1) is 6.04 Å². The summed E-state index contributed by atoms with van der Waals surface area (Å²) in [6.07, 6.45) is 0.707. The van der Waals surface area contributed by atoms with Crippen molar-refractivity contribution in [3.05, 3.63) is 65.5 Å². The molecular formula is C20H22FNO4. The fourth-order valence-corrected chi connectivity index (χ4v) is 2.34. The minimum absolute atomic E-state index is 0.0423. The van der Waals surface area contributed by atoms with Crippen LogP contribution < -0.4 is 10.1 Å². The third kappa shape index (κ3) is 5.88. The van der Waals surface area contributed by atoms with Crippen LogP contribution in [0.15, 0.2) is 48.5 Å².